The molecule has 0 aromatic rings. The van der Waals surface area contributed by atoms with E-state index in [-0.39, 0.29) is 18.9 Å². The number of rotatable bonds is 1. The maximum atomic E-state index is 8.95. The molecule has 0 spiro atoms. The second-order valence-electron chi connectivity index (χ2n) is 0.332. The van der Waals surface area contributed by atoms with Gasteiger partial charge in [-0.25, -0.2) is 0 Å². The van der Waals surface area contributed by atoms with Crippen LogP contribution in [0.4, 0.5) is 0 Å². The molecule has 0 radical (unpaired) electrons. The molecule has 2 nitrogen and oxygen atoms in total. The molecule has 0 unspecified atom stereocenters. The standard InChI is InChI=1S/C2H4O2.Li.H/c1-4-2-3;;/h2H,1H3;;. The van der Waals surface area contributed by atoms with Crippen molar-refractivity contribution in [1.82, 2.24) is 0 Å². The molecule has 0 bridgehead atoms. The van der Waals surface area contributed by atoms with E-state index in [0.717, 1.165) is 0 Å². The average Bonchev–Trinajstić information content (AvgIpc) is 1.37. The molecular weight excluding hydrogens is 63.0 g/mol. The van der Waals surface area contributed by atoms with Crippen LogP contribution in [0.2, 0.25) is 0 Å². The molecule has 3 heteroatoms. The molecule has 0 atom stereocenters. The SMILES string of the molecule is COC=O.[LiH]. The molecule has 0 N–H and O–H groups in total. The average molecular weight is 68.0 g/mol. The van der Waals surface area contributed by atoms with Crippen molar-refractivity contribution in [3.05, 3.63) is 0 Å². The van der Waals surface area contributed by atoms with Crippen LogP contribution in [0.1, 0.15) is 0 Å². The van der Waals surface area contributed by atoms with Crippen molar-refractivity contribution in [2.45, 2.75) is 0 Å². The van der Waals surface area contributed by atoms with Gasteiger partial charge in [-0.15, -0.1) is 0 Å². The topological polar surface area (TPSA) is 26.3 Å². The molecule has 5 heavy (non-hydrogen) atoms. The van der Waals surface area contributed by atoms with Gasteiger partial charge in [-0.1, -0.05) is 0 Å². The van der Waals surface area contributed by atoms with Crippen molar-refractivity contribution >= 4 is 25.3 Å². The summed E-state index contributed by atoms with van der Waals surface area (Å²) in [4.78, 5) is 8.95. The molecule has 0 heterocycles. The van der Waals surface area contributed by atoms with E-state index in [0.29, 0.717) is 6.47 Å². The quantitative estimate of drug-likeness (QED) is 0.295. The van der Waals surface area contributed by atoms with Gasteiger partial charge in [-0.3, -0.25) is 4.79 Å². The molecule has 0 rings (SSSR count). The van der Waals surface area contributed by atoms with Gasteiger partial charge < -0.3 is 4.74 Å². The fourth-order valence-corrected chi connectivity index (χ4v) is 0. The van der Waals surface area contributed by atoms with E-state index < -0.39 is 0 Å². The first-order valence-electron chi connectivity index (χ1n) is 0.880. The van der Waals surface area contributed by atoms with Crippen LogP contribution in [-0.2, 0) is 9.53 Å². The molecule has 0 aliphatic heterocycles. The summed E-state index contributed by atoms with van der Waals surface area (Å²) in [5.41, 5.74) is 0. The van der Waals surface area contributed by atoms with Crippen LogP contribution in [0.25, 0.3) is 0 Å². The third-order valence-corrected chi connectivity index (χ3v) is 0.0962. The van der Waals surface area contributed by atoms with Crippen LogP contribution in [0.3, 0.4) is 0 Å². The summed E-state index contributed by atoms with van der Waals surface area (Å²) in [5.74, 6) is 0. The Hall–Kier alpha value is 0.0674. The van der Waals surface area contributed by atoms with Gasteiger partial charge >= 0.3 is 18.9 Å². The van der Waals surface area contributed by atoms with Gasteiger partial charge in [0.25, 0.3) is 6.47 Å². The Morgan fingerprint density at radius 2 is 2.00 bits per heavy atom. The zero-order chi connectivity index (χ0) is 3.41. The van der Waals surface area contributed by atoms with E-state index in [2.05, 4.69) is 4.74 Å². The van der Waals surface area contributed by atoms with E-state index in [1.807, 2.05) is 0 Å². The number of methoxy groups -OCH3 is 1. The third kappa shape index (κ3) is 15.3. The molecule has 26 valence electrons. The Labute approximate surface area is 42.7 Å². The zero-order valence-electron chi connectivity index (χ0n) is 2.39. The summed E-state index contributed by atoms with van der Waals surface area (Å²) in [6.07, 6.45) is 0. The second-order valence-corrected chi connectivity index (χ2v) is 0.332. The Balaban J connectivity index is 0. The molecule has 0 saturated heterocycles. The maximum absolute atomic E-state index is 8.95. The van der Waals surface area contributed by atoms with Gasteiger partial charge in [0, 0.05) is 0 Å². The first-order chi connectivity index (χ1) is 1.91. The number of hydrogen-bond donors (Lipinski definition) is 0. The predicted octanol–water partition coefficient (Wildman–Crippen LogP) is -0.859. The van der Waals surface area contributed by atoms with Crippen LogP contribution in [0.5, 0.6) is 0 Å². The van der Waals surface area contributed by atoms with Gasteiger partial charge in [0.05, 0.1) is 7.11 Å². The minimum absolute atomic E-state index is 0. The number of carbonyl (C=O) groups excluding carboxylic acids is 1. The summed E-state index contributed by atoms with van der Waals surface area (Å²) < 4.78 is 3.86. The minimum atomic E-state index is 0. The van der Waals surface area contributed by atoms with Gasteiger partial charge in [-0.2, -0.15) is 0 Å². The van der Waals surface area contributed by atoms with Gasteiger partial charge in [0.2, 0.25) is 0 Å². The molecule has 0 saturated carbocycles. The normalized spacial score (nSPS) is 4.20. The first kappa shape index (κ1) is 8.91. The van der Waals surface area contributed by atoms with Gasteiger partial charge in [0.1, 0.15) is 0 Å². The van der Waals surface area contributed by atoms with Gasteiger partial charge in [-0.05, 0) is 0 Å². The monoisotopic (exact) mass is 68.0 g/mol. The van der Waals surface area contributed by atoms with E-state index >= 15 is 0 Å². The first-order valence-corrected chi connectivity index (χ1v) is 0.880. The summed E-state index contributed by atoms with van der Waals surface area (Å²) >= 11 is 0. The Bertz CT molecular complexity index is 21.6. The number of hydrogen-bond acceptors (Lipinski definition) is 2. The molecule has 0 aliphatic carbocycles. The van der Waals surface area contributed by atoms with Crippen molar-refractivity contribution in [1.29, 1.82) is 0 Å². The molecule has 0 fully saturated rings. The van der Waals surface area contributed by atoms with Crippen LogP contribution >= 0.6 is 0 Å². The van der Waals surface area contributed by atoms with Crippen LogP contribution in [0.15, 0.2) is 0 Å². The zero-order valence-corrected chi connectivity index (χ0v) is 2.39. The van der Waals surface area contributed by atoms with E-state index in [1.165, 1.54) is 7.11 Å². The van der Waals surface area contributed by atoms with Crippen molar-refractivity contribution in [3.63, 3.8) is 0 Å². The van der Waals surface area contributed by atoms with Crippen LogP contribution in [-0.4, -0.2) is 32.4 Å². The number of ether oxygens (including phenoxy) is 1. The van der Waals surface area contributed by atoms with E-state index in [9.17, 15) is 0 Å². The third-order valence-electron chi connectivity index (χ3n) is 0.0962. The second kappa shape index (κ2) is 8.95. The predicted molar refractivity (Wildman–Crippen MR) is 20.2 cm³/mol. The molecule has 0 aromatic carbocycles. The Morgan fingerprint density at radius 1 is 1.80 bits per heavy atom. The Kier molecular flexibility index (Phi) is 16.0. The van der Waals surface area contributed by atoms with Crippen molar-refractivity contribution in [2.24, 2.45) is 0 Å². The molecular formula is C2H5LiO2. The van der Waals surface area contributed by atoms with Gasteiger partial charge in [0.15, 0.2) is 0 Å². The Morgan fingerprint density at radius 3 is 2.00 bits per heavy atom. The van der Waals surface area contributed by atoms with Crippen molar-refractivity contribution in [2.75, 3.05) is 7.11 Å². The summed E-state index contributed by atoms with van der Waals surface area (Å²) in [7, 11) is 1.31. The van der Waals surface area contributed by atoms with E-state index in [1.54, 1.807) is 0 Å². The fourth-order valence-electron chi connectivity index (χ4n) is 0. The van der Waals surface area contributed by atoms with Crippen molar-refractivity contribution < 1.29 is 9.53 Å². The van der Waals surface area contributed by atoms with Crippen LogP contribution in [0, 0.1) is 0 Å². The van der Waals surface area contributed by atoms with E-state index in [4.69, 9.17) is 4.79 Å². The molecule has 0 aromatic heterocycles. The van der Waals surface area contributed by atoms with Crippen molar-refractivity contribution in [3.8, 4) is 0 Å². The fraction of sp³-hybridized carbons (Fsp3) is 0.500. The summed E-state index contributed by atoms with van der Waals surface area (Å²) in [5, 5.41) is 0. The molecule has 0 amide bonds. The van der Waals surface area contributed by atoms with Crippen LogP contribution < -0.4 is 0 Å². The number of carbonyl (C=O) groups is 1. The summed E-state index contributed by atoms with van der Waals surface area (Å²) in [6.45, 7) is 0.375. The molecule has 0 aliphatic rings. The summed E-state index contributed by atoms with van der Waals surface area (Å²) in [6, 6.07) is 0.